The second kappa shape index (κ2) is 12.6. The first kappa shape index (κ1) is 26.2. The van der Waals surface area contributed by atoms with Gasteiger partial charge in [0, 0.05) is 6.92 Å². The van der Waals surface area contributed by atoms with Crippen molar-refractivity contribution < 1.29 is 38.1 Å². The van der Waals surface area contributed by atoms with Gasteiger partial charge >= 0.3 is 0 Å². The van der Waals surface area contributed by atoms with Crippen LogP contribution in [0, 0.1) is 0 Å². The second-order valence-corrected chi connectivity index (χ2v) is 12.0. The first-order valence-electron chi connectivity index (χ1n) is 8.08. The van der Waals surface area contributed by atoms with Crippen LogP contribution in [0.15, 0.2) is 0 Å². The van der Waals surface area contributed by atoms with Gasteiger partial charge in [-0.1, -0.05) is 13.3 Å². The van der Waals surface area contributed by atoms with E-state index in [-0.39, 0.29) is 31.0 Å². The topological polar surface area (TPSA) is 136 Å². The lowest BCUT2D eigenvalue weighted by molar-refractivity contribution is 0.266. The van der Waals surface area contributed by atoms with E-state index in [2.05, 4.69) is 0 Å². The molecule has 0 spiro atoms. The van der Waals surface area contributed by atoms with E-state index in [1.807, 2.05) is 6.92 Å². The number of rotatable bonds is 15. The minimum atomic E-state index is -3.89. The summed E-state index contributed by atoms with van der Waals surface area (Å²) in [5.41, 5.74) is -2.04. The van der Waals surface area contributed by atoms with Gasteiger partial charge in [0.2, 0.25) is 5.44 Å². The Bertz CT molecular complexity index is 616. The third-order valence-corrected chi connectivity index (χ3v) is 8.05. The summed E-state index contributed by atoms with van der Waals surface area (Å²) in [5.74, 6) is -0.612. The van der Waals surface area contributed by atoms with E-state index in [4.69, 9.17) is 12.5 Å². The molecule has 0 amide bonds. The first-order valence-corrected chi connectivity index (χ1v) is 14.0. The van der Waals surface area contributed by atoms with E-state index in [1.165, 1.54) is 20.1 Å². The van der Waals surface area contributed by atoms with Crippen molar-refractivity contribution in [1.29, 1.82) is 0 Å². The summed E-state index contributed by atoms with van der Waals surface area (Å²) in [5, 5.41) is 0. The number of hydrogen-bond donors (Lipinski definition) is 0. The zero-order chi connectivity index (χ0) is 20.4. The van der Waals surface area contributed by atoms with Gasteiger partial charge in [0.1, 0.15) is 0 Å². The van der Waals surface area contributed by atoms with E-state index in [0.29, 0.717) is 12.8 Å². The highest BCUT2D eigenvalue weighted by molar-refractivity contribution is 7.92. The second-order valence-electron chi connectivity index (χ2n) is 5.49. The number of unbranched alkanes of at least 4 members (excludes halogenated alkanes) is 2. The Morgan fingerprint density at radius 2 is 1.50 bits per heavy atom. The molecule has 9 nitrogen and oxygen atoms in total. The molecule has 0 heterocycles. The van der Waals surface area contributed by atoms with E-state index in [1.54, 1.807) is 0 Å². The summed E-state index contributed by atoms with van der Waals surface area (Å²) in [6, 6.07) is 0. The molecule has 0 aromatic rings. The predicted molar refractivity (Wildman–Crippen MR) is 101 cm³/mol. The fourth-order valence-electron chi connectivity index (χ4n) is 1.59. The average molecular weight is 457 g/mol. The van der Waals surface area contributed by atoms with E-state index < -0.39 is 53.4 Å². The van der Waals surface area contributed by atoms with Crippen molar-refractivity contribution in [3.8, 4) is 0 Å². The molecule has 0 bridgehead atoms. The molecule has 0 rings (SSSR count). The van der Waals surface area contributed by atoms with Crippen LogP contribution < -0.4 is 0 Å². The lowest BCUT2D eigenvalue weighted by Gasteiger charge is -2.14. The lowest BCUT2D eigenvalue weighted by Crippen LogP contribution is -2.25. The molecular weight excluding hydrogens is 428 g/mol. The molecule has 0 aliphatic heterocycles. The van der Waals surface area contributed by atoms with Gasteiger partial charge in [-0.3, -0.25) is 8.37 Å². The van der Waals surface area contributed by atoms with Crippen LogP contribution in [0.25, 0.3) is 0 Å². The average Bonchev–Trinajstić information content (AvgIpc) is 2.50. The standard InChI is InChI=1S/C13H28O9S4/c1-5-9-20-24(15)13(3)22-26(18,19)11-8-6-7-10-25(16,17)21-12(2)23(4)14/h12-13H,5-11H2,1-4H3. The molecule has 0 N–H and O–H groups in total. The van der Waals surface area contributed by atoms with Gasteiger partial charge < -0.3 is 4.55 Å². The fraction of sp³-hybridized carbons (Fsp3) is 1.00. The van der Waals surface area contributed by atoms with Crippen LogP contribution in [0.1, 0.15) is 46.5 Å². The Morgan fingerprint density at radius 1 is 1.00 bits per heavy atom. The van der Waals surface area contributed by atoms with Crippen molar-refractivity contribution in [3.05, 3.63) is 0 Å². The van der Waals surface area contributed by atoms with Crippen LogP contribution in [0.4, 0.5) is 0 Å². The smallest absolute Gasteiger partial charge is 0.271 e. The van der Waals surface area contributed by atoms with Crippen LogP contribution in [0.5, 0.6) is 0 Å². The first-order chi connectivity index (χ1) is 11.9. The molecule has 158 valence electrons. The minimum absolute atomic E-state index is 0.183. The van der Waals surface area contributed by atoms with Gasteiger partial charge in [-0.2, -0.15) is 16.8 Å². The van der Waals surface area contributed by atoms with E-state index in [9.17, 15) is 25.6 Å². The van der Waals surface area contributed by atoms with Crippen LogP contribution in [0.2, 0.25) is 0 Å². The molecule has 0 aliphatic carbocycles. The zero-order valence-electron chi connectivity index (χ0n) is 15.4. The Labute approximate surface area is 162 Å². The Balaban J connectivity index is 4.17. The van der Waals surface area contributed by atoms with Gasteiger partial charge in [0.25, 0.3) is 20.2 Å². The van der Waals surface area contributed by atoms with Crippen molar-refractivity contribution in [2.24, 2.45) is 0 Å². The summed E-state index contributed by atoms with van der Waals surface area (Å²) in [6.45, 7) is 4.80. The zero-order valence-corrected chi connectivity index (χ0v) is 18.7. The van der Waals surface area contributed by atoms with Crippen LogP contribution in [-0.2, 0) is 55.0 Å². The van der Waals surface area contributed by atoms with Gasteiger partial charge in [-0.05, 0) is 37.4 Å². The van der Waals surface area contributed by atoms with E-state index >= 15 is 0 Å². The van der Waals surface area contributed by atoms with Gasteiger partial charge in [-0.15, -0.1) is 0 Å². The third-order valence-electron chi connectivity index (χ3n) is 2.99. The molecule has 13 heteroatoms. The van der Waals surface area contributed by atoms with Crippen LogP contribution in [0.3, 0.4) is 0 Å². The highest BCUT2D eigenvalue weighted by atomic mass is 32.2. The molecule has 0 aromatic carbocycles. The Hall–Kier alpha value is 0.240. The SMILES string of the molecule is CCCOS(=O)C(C)OS(=O)(=O)CCCCCS(=O)(=O)OC(C)[S+](C)[O-]. The summed E-state index contributed by atoms with van der Waals surface area (Å²) in [7, 11) is -7.70. The minimum Gasteiger partial charge on any atom is -0.615 e. The Morgan fingerprint density at radius 3 is 1.96 bits per heavy atom. The summed E-state index contributed by atoms with van der Waals surface area (Å²) in [6.07, 6.45) is 2.68. The molecule has 0 aliphatic rings. The van der Waals surface area contributed by atoms with Crippen molar-refractivity contribution in [2.75, 3.05) is 24.4 Å². The third kappa shape index (κ3) is 12.6. The molecule has 4 unspecified atom stereocenters. The summed E-state index contributed by atoms with van der Waals surface area (Å²) >= 11 is -3.29. The quantitative estimate of drug-likeness (QED) is 0.201. The van der Waals surface area contributed by atoms with Gasteiger partial charge in [0.05, 0.1) is 24.4 Å². The molecular formula is C13H28O9S4. The maximum absolute atomic E-state index is 11.8. The fourth-order valence-corrected chi connectivity index (χ4v) is 5.67. The monoisotopic (exact) mass is 456 g/mol. The predicted octanol–water partition coefficient (Wildman–Crippen LogP) is 1.01. The summed E-state index contributed by atoms with van der Waals surface area (Å²) < 4.78 is 84.1. The number of hydrogen-bond acceptors (Lipinski definition) is 9. The van der Waals surface area contributed by atoms with Crippen LogP contribution >= 0.6 is 0 Å². The Kier molecular flexibility index (Phi) is 12.8. The molecule has 0 fully saturated rings. The van der Waals surface area contributed by atoms with E-state index in [0.717, 1.165) is 0 Å². The van der Waals surface area contributed by atoms with Crippen molar-refractivity contribution in [3.63, 3.8) is 0 Å². The van der Waals surface area contributed by atoms with Crippen molar-refractivity contribution >= 4 is 42.5 Å². The normalized spacial score (nSPS) is 17.6. The highest BCUT2D eigenvalue weighted by Gasteiger charge is 2.23. The lowest BCUT2D eigenvalue weighted by atomic mass is 10.3. The van der Waals surface area contributed by atoms with Gasteiger partial charge in [-0.25, -0.2) is 8.39 Å². The molecule has 0 radical (unpaired) electrons. The highest BCUT2D eigenvalue weighted by Crippen LogP contribution is 2.11. The largest absolute Gasteiger partial charge is 0.615 e. The molecule has 4 atom stereocenters. The maximum Gasteiger partial charge on any atom is 0.271 e. The molecule has 26 heavy (non-hydrogen) atoms. The summed E-state index contributed by atoms with van der Waals surface area (Å²) in [4.78, 5) is 0. The molecule has 0 aromatic heterocycles. The maximum atomic E-state index is 11.8. The van der Waals surface area contributed by atoms with Gasteiger partial charge in [0.15, 0.2) is 16.5 Å². The van der Waals surface area contributed by atoms with Crippen molar-refractivity contribution in [1.82, 2.24) is 0 Å². The van der Waals surface area contributed by atoms with Crippen LogP contribution in [-0.4, -0.2) is 60.8 Å². The van der Waals surface area contributed by atoms with Crippen molar-refractivity contribution in [2.45, 2.75) is 57.3 Å². The molecule has 0 saturated carbocycles. The molecule has 0 saturated heterocycles.